The smallest absolute Gasteiger partial charge is 0.340 e. The normalized spacial score (nSPS) is 11.8. The molecule has 0 heterocycles. The standard InChI is InChI=1S/C16H18Cl2FNO5/c1-8(2)4-13(16(23)24-3)20-14(21)7-25-15(22)9-5-12(19)11(18)6-10(9)17/h5-6,8,13H,4,7H2,1-3H3,(H,20,21)/t13-/m0/s1. The predicted octanol–water partition coefficient (Wildman–Crippen LogP) is 2.99. The molecule has 0 radical (unpaired) electrons. The molecule has 0 unspecified atom stereocenters. The number of carbonyl (C=O) groups is 3. The highest BCUT2D eigenvalue weighted by Crippen LogP contribution is 2.24. The number of nitrogens with one attached hydrogen (secondary N) is 1. The van der Waals surface area contributed by atoms with Crippen LogP contribution >= 0.6 is 23.2 Å². The molecule has 0 aliphatic heterocycles. The summed E-state index contributed by atoms with van der Waals surface area (Å²) in [7, 11) is 1.21. The van der Waals surface area contributed by atoms with Crippen molar-refractivity contribution in [2.24, 2.45) is 5.92 Å². The molecule has 6 nitrogen and oxygen atoms in total. The van der Waals surface area contributed by atoms with Crippen molar-refractivity contribution in [2.75, 3.05) is 13.7 Å². The molecular formula is C16H18Cl2FNO5. The highest BCUT2D eigenvalue weighted by Gasteiger charge is 2.23. The highest BCUT2D eigenvalue weighted by atomic mass is 35.5. The molecule has 0 aliphatic rings. The van der Waals surface area contributed by atoms with Crippen LogP contribution in [0.3, 0.4) is 0 Å². The van der Waals surface area contributed by atoms with E-state index in [-0.39, 0.29) is 21.5 Å². The van der Waals surface area contributed by atoms with Crippen LogP contribution in [0.2, 0.25) is 10.0 Å². The molecule has 1 N–H and O–H groups in total. The first-order chi connectivity index (χ1) is 11.6. The van der Waals surface area contributed by atoms with E-state index in [1.807, 2.05) is 13.8 Å². The number of rotatable bonds is 7. The largest absolute Gasteiger partial charge is 0.467 e. The lowest BCUT2D eigenvalue weighted by atomic mass is 10.0. The van der Waals surface area contributed by atoms with E-state index in [9.17, 15) is 18.8 Å². The lowest BCUT2D eigenvalue weighted by Crippen LogP contribution is -2.44. The molecule has 0 spiro atoms. The average Bonchev–Trinajstić information content (AvgIpc) is 2.54. The van der Waals surface area contributed by atoms with Gasteiger partial charge in [-0.2, -0.15) is 0 Å². The first kappa shape index (κ1) is 21.2. The Labute approximate surface area is 154 Å². The number of esters is 2. The van der Waals surface area contributed by atoms with E-state index in [0.29, 0.717) is 6.42 Å². The van der Waals surface area contributed by atoms with Crippen LogP contribution in [-0.4, -0.2) is 37.6 Å². The molecule has 0 saturated heterocycles. The molecule has 1 amide bonds. The lowest BCUT2D eigenvalue weighted by molar-refractivity contribution is -0.145. The first-order valence-corrected chi connectivity index (χ1v) is 8.10. The Balaban J connectivity index is 2.67. The van der Waals surface area contributed by atoms with Crippen LogP contribution in [0.1, 0.15) is 30.6 Å². The summed E-state index contributed by atoms with van der Waals surface area (Å²) in [4.78, 5) is 35.4. The van der Waals surface area contributed by atoms with Crippen molar-refractivity contribution in [1.82, 2.24) is 5.32 Å². The molecule has 1 aromatic rings. The molecule has 25 heavy (non-hydrogen) atoms. The molecule has 0 aliphatic carbocycles. The minimum Gasteiger partial charge on any atom is -0.467 e. The van der Waals surface area contributed by atoms with Gasteiger partial charge in [-0.1, -0.05) is 37.0 Å². The summed E-state index contributed by atoms with van der Waals surface area (Å²) in [6.07, 6.45) is 0.362. The van der Waals surface area contributed by atoms with Crippen LogP contribution in [0.15, 0.2) is 12.1 Å². The number of hydrogen-bond acceptors (Lipinski definition) is 5. The SMILES string of the molecule is COC(=O)[C@H](CC(C)C)NC(=O)COC(=O)c1cc(F)c(Cl)cc1Cl. The predicted molar refractivity (Wildman–Crippen MR) is 90.1 cm³/mol. The zero-order valence-electron chi connectivity index (χ0n) is 13.9. The maximum Gasteiger partial charge on any atom is 0.340 e. The van der Waals surface area contributed by atoms with Crippen LogP contribution in [0.4, 0.5) is 4.39 Å². The molecule has 138 valence electrons. The van der Waals surface area contributed by atoms with Crippen molar-refractivity contribution >= 4 is 41.0 Å². The quantitative estimate of drug-likeness (QED) is 0.568. The number of amides is 1. The zero-order valence-corrected chi connectivity index (χ0v) is 15.4. The molecule has 0 fully saturated rings. The van der Waals surface area contributed by atoms with Crippen LogP contribution < -0.4 is 5.32 Å². The van der Waals surface area contributed by atoms with Gasteiger partial charge in [0.15, 0.2) is 6.61 Å². The van der Waals surface area contributed by atoms with Crippen molar-refractivity contribution < 1.29 is 28.2 Å². The van der Waals surface area contributed by atoms with Crippen LogP contribution in [0.25, 0.3) is 0 Å². The van der Waals surface area contributed by atoms with Crippen molar-refractivity contribution in [3.05, 3.63) is 33.6 Å². The van der Waals surface area contributed by atoms with E-state index in [1.54, 1.807) is 0 Å². The third-order valence-corrected chi connectivity index (χ3v) is 3.69. The maximum absolute atomic E-state index is 13.4. The number of carbonyl (C=O) groups excluding carboxylic acids is 3. The Kier molecular flexibility index (Phi) is 8.12. The van der Waals surface area contributed by atoms with Gasteiger partial charge in [0.05, 0.1) is 22.7 Å². The number of hydrogen-bond donors (Lipinski definition) is 1. The zero-order chi connectivity index (χ0) is 19.1. The Bertz CT molecular complexity index is 666. The second-order valence-corrected chi connectivity index (χ2v) is 6.41. The van der Waals surface area contributed by atoms with Gasteiger partial charge in [0.1, 0.15) is 11.9 Å². The molecule has 0 bridgehead atoms. The minimum absolute atomic E-state index is 0.107. The Morgan fingerprint density at radius 2 is 1.84 bits per heavy atom. The van der Waals surface area contributed by atoms with Gasteiger partial charge in [-0.25, -0.2) is 14.0 Å². The van der Waals surface area contributed by atoms with E-state index in [4.69, 9.17) is 27.9 Å². The summed E-state index contributed by atoms with van der Waals surface area (Å²) >= 11 is 11.3. The van der Waals surface area contributed by atoms with Crippen molar-refractivity contribution in [3.8, 4) is 0 Å². The second-order valence-electron chi connectivity index (χ2n) is 5.60. The molecular weight excluding hydrogens is 376 g/mol. The number of halogens is 3. The Morgan fingerprint density at radius 3 is 2.40 bits per heavy atom. The van der Waals surface area contributed by atoms with Gasteiger partial charge in [-0.05, 0) is 24.5 Å². The topological polar surface area (TPSA) is 81.7 Å². The fourth-order valence-corrected chi connectivity index (χ4v) is 2.41. The van der Waals surface area contributed by atoms with Crippen molar-refractivity contribution in [1.29, 1.82) is 0 Å². The van der Waals surface area contributed by atoms with E-state index in [0.717, 1.165) is 12.1 Å². The lowest BCUT2D eigenvalue weighted by Gasteiger charge is -2.18. The Morgan fingerprint density at radius 1 is 1.20 bits per heavy atom. The van der Waals surface area contributed by atoms with Crippen LogP contribution in [0, 0.1) is 11.7 Å². The van der Waals surface area contributed by atoms with Crippen molar-refractivity contribution in [3.63, 3.8) is 0 Å². The van der Waals surface area contributed by atoms with E-state index in [2.05, 4.69) is 10.1 Å². The van der Waals surface area contributed by atoms with Gasteiger partial charge in [0, 0.05) is 0 Å². The van der Waals surface area contributed by atoms with E-state index in [1.165, 1.54) is 7.11 Å². The van der Waals surface area contributed by atoms with Crippen molar-refractivity contribution in [2.45, 2.75) is 26.3 Å². The summed E-state index contributed by atoms with van der Waals surface area (Å²) in [6, 6.07) is 1.03. The van der Waals surface area contributed by atoms with Crippen LogP contribution in [-0.2, 0) is 19.1 Å². The summed E-state index contributed by atoms with van der Waals surface area (Å²) in [5.41, 5.74) is -0.261. The van der Waals surface area contributed by atoms with E-state index >= 15 is 0 Å². The number of benzene rings is 1. The number of ether oxygens (including phenoxy) is 2. The summed E-state index contributed by atoms with van der Waals surface area (Å²) < 4.78 is 22.8. The van der Waals surface area contributed by atoms with Gasteiger partial charge in [-0.15, -0.1) is 0 Å². The third kappa shape index (κ3) is 6.51. The Hall–Kier alpha value is -1.86. The molecule has 0 saturated carbocycles. The molecule has 1 atom stereocenters. The number of methoxy groups -OCH3 is 1. The summed E-state index contributed by atoms with van der Waals surface area (Å²) in [5.74, 6) is -3.01. The fourth-order valence-electron chi connectivity index (χ4n) is 1.95. The average molecular weight is 394 g/mol. The first-order valence-electron chi connectivity index (χ1n) is 7.34. The van der Waals surface area contributed by atoms with Gasteiger partial charge in [0.25, 0.3) is 5.91 Å². The van der Waals surface area contributed by atoms with Gasteiger partial charge in [0.2, 0.25) is 0 Å². The highest BCUT2D eigenvalue weighted by molar-refractivity contribution is 6.36. The molecule has 1 aromatic carbocycles. The molecule has 9 heteroatoms. The summed E-state index contributed by atoms with van der Waals surface area (Å²) in [5, 5.41) is 2.07. The van der Waals surface area contributed by atoms with Gasteiger partial charge < -0.3 is 14.8 Å². The molecule has 0 aromatic heterocycles. The van der Waals surface area contributed by atoms with Gasteiger partial charge >= 0.3 is 11.9 Å². The second kappa shape index (κ2) is 9.58. The third-order valence-electron chi connectivity index (χ3n) is 3.09. The van der Waals surface area contributed by atoms with Crippen LogP contribution in [0.5, 0.6) is 0 Å². The maximum atomic E-state index is 13.4. The van der Waals surface area contributed by atoms with E-state index < -0.39 is 36.3 Å². The monoisotopic (exact) mass is 393 g/mol. The summed E-state index contributed by atoms with van der Waals surface area (Å²) in [6.45, 7) is 3.09. The van der Waals surface area contributed by atoms with Gasteiger partial charge in [-0.3, -0.25) is 4.79 Å². The minimum atomic E-state index is -0.991. The fraction of sp³-hybridized carbons (Fsp3) is 0.438. The molecule has 1 rings (SSSR count).